The molecule has 0 aliphatic rings. The van der Waals surface area contributed by atoms with Gasteiger partial charge in [0, 0.05) is 0 Å². The molecule has 0 fully saturated rings. The van der Waals surface area contributed by atoms with Crippen LogP contribution in [0.25, 0.3) is 56.5 Å². The molecular weight excluding hydrogens is 958 g/mol. The summed E-state index contributed by atoms with van der Waals surface area (Å²) in [5, 5.41) is 15.2. The van der Waals surface area contributed by atoms with Crippen molar-refractivity contribution in [3.05, 3.63) is 142 Å². The Kier molecular flexibility index (Phi) is 12.4. The lowest BCUT2D eigenvalue weighted by atomic mass is 10.1. The minimum atomic E-state index is -5.48. The molecule has 0 atom stereocenters. The fourth-order valence-corrected chi connectivity index (χ4v) is 6.75. The predicted octanol–water partition coefficient (Wildman–Crippen LogP) is 12.4. The number of nitrogens with two attached hydrogens (primary N) is 1. The summed E-state index contributed by atoms with van der Waals surface area (Å²) in [6, 6.07) is 15.3. The highest BCUT2D eigenvalue weighted by molar-refractivity contribution is 6.34. The van der Waals surface area contributed by atoms with Gasteiger partial charge in [0.15, 0.2) is 22.9 Å². The minimum Gasteiger partial charge on any atom is -0.394 e. The Morgan fingerprint density at radius 2 is 1.03 bits per heavy atom. The molecule has 8 aromatic rings. The van der Waals surface area contributed by atoms with Gasteiger partial charge < -0.3 is 20.1 Å². The number of hydrogen-bond acceptors (Lipinski definition) is 8. The molecule has 0 saturated heterocycles. The van der Waals surface area contributed by atoms with Crippen molar-refractivity contribution in [1.29, 1.82) is 0 Å². The monoisotopic (exact) mass is 976 g/mol. The number of alkyl halides is 9. The van der Waals surface area contributed by atoms with Crippen LogP contribution in [-0.2, 0) is 17.1 Å². The zero-order valence-corrected chi connectivity index (χ0v) is 33.4. The molecular formula is C40H19Cl2F13N8O3. The number of halogens is 15. The highest BCUT2D eigenvalue weighted by Crippen LogP contribution is 2.47. The molecule has 4 aromatic carbocycles. The third-order valence-electron chi connectivity index (χ3n) is 8.99. The molecule has 0 saturated carbocycles. The molecule has 4 heterocycles. The van der Waals surface area contributed by atoms with Gasteiger partial charge in [-0.3, -0.25) is 4.79 Å². The fourth-order valence-electron chi connectivity index (χ4n) is 6.25. The second kappa shape index (κ2) is 17.6. The topological polar surface area (TPSA) is 143 Å². The Labute approximate surface area is 368 Å². The Bertz CT molecular complexity index is 3080. The van der Waals surface area contributed by atoms with Crippen molar-refractivity contribution in [2.45, 2.75) is 18.5 Å². The summed E-state index contributed by atoms with van der Waals surface area (Å²) in [5.74, 6) is -7.64. The van der Waals surface area contributed by atoms with Gasteiger partial charge in [-0.25, -0.2) is 26.9 Å². The number of amides is 1. The van der Waals surface area contributed by atoms with Gasteiger partial charge in [0.1, 0.15) is 46.0 Å². The van der Waals surface area contributed by atoms with E-state index in [2.05, 4.69) is 20.5 Å². The lowest BCUT2D eigenvalue weighted by molar-refractivity contribution is -0.167. The first-order valence-corrected chi connectivity index (χ1v) is 18.6. The van der Waals surface area contributed by atoms with Crippen molar-refractivity contribution in [3.8, 4) is 56.5 Å². The van der Waals surface area contributed by atoms with E-state index in [1.165, 1.54) is 29.6 Å². The van der Waals surface area contributed by atoms with Crippen LogP contribution in [0.5, 0.6) is 0 Å². The standard InChI is InChI=1S/C21H9ClF8N4O2.C19H10ClF5N4O/c22-12-5-2-6-13(24)14(12)15-16(32-19(35)21(28,29)30)17(36-33-15)11-8-31-34(18(11)20(25,26)27)10-4-1-3-9(23)7-10;20-12-5-2-6-13(22)14(12)16-15(26)17(30-28-16)11-8-27-29(18(11)19(23,24)25)10-4-1-3-9(21)7-10/h1-8H,(H,32,35);1-8H,26H2. The molecule has 1 amide bonds. The molecule has 0 radical (unpaired) electrons. The molecule has 0 bridgehead atoms. The van der Waals surface area contributed by atoms with Gasteiger partial charge in [-0.15, -0.1) is 0 Å². The molecule has 4 aromatic heterocycles. The number of hydrogen-bond donors (Lipinski definition) is 2. The van der Waals surface area contributed by atoms with E-state index in [0.717, 1.165) is 66.9 Å². The molecule has 342 valence electrons. The van der Waals surface area contributed by atoms with Crippen molar-refractivity contribution in [1.82, 2.24) is 29.9 Å². The lowest BCUT2D eigenvalue weighted by Crippen LogP contribution is -2.30. The first kappa shape index (κ1) is 46.6. The van der Waals surface area contributed by atoms with Crippen molar-refractivity contribution in [2.75, 3.05) is 11.1 Å². The molecule has 0 spiro atoms. The van der Waals surface area contributed by atoms with Gasteiger partial charge >= 0.3 is 24.4 Å². The number of carbonyl (C=O) groups excluding carboxylic acids is 1. The maximum Gasteiger partial charge on any atom is 0.471 e. The van der Waals surface area contributed by atoms with Gasteiger partial charge in [-0.2, -0.15) is 49.7 Å². The van der Waals surface area contributed by atoms with Crippen LogP contribution in [0.3, 0.4) is 0 Å². The predicted molar refractivity (Wildman–Crippen MR) is 208 cm³/mol. The lowest BCUT2D eigenvalue weighted by Gasteiger charge is -2.13. The molecule has 11 nitrogen and oxygen atoms in total. The van der Waals surface area contributed by atoms with Gasteiger partial charge in [0.2, 0.25) is 0 Å². The number of benzene rings is 4. The largest absolute Gasteiger partial charge is 0.471 e. The number of nitrogen functional groups attached to an aromatic ring is 1. The number of rotatable bonds is 7. The Morgan fingerprint density at radius 1 is 0.606 bits per heavy atom. The van der Waals surface area contributed by atoms with E-state index in [1.54, 1.807) is 0 Å². The molecule has 8 rings (SSSR count). The molecule has 0 aliphatic carbocycles. The minimum absolute atomic E-state index is 0.0481. The zero-order valence-electron chi connectivity index (χ0n) is 31.9. The van der Waals surface area contributed by atoms with Crippen molar-refractivity contribution >= 4 is 40.5 Å². The van der Waals surface area contributed by atoms with Crippen molar-refractivity contribution in [2.24, 2.45) is 0 Å². The van der Waals surface area contributed by atoms with Gasteiger partial charge in [-0.05, 0) is 60.7 Å². The molecule has 0 aliphatic heterocycles. The van der Waals surface area contributed by atoms with Crippen LogP contribution in [0.15, 0.2) is 106 Å². The summed E-state index contributed by atoms with van der Waals surface area (Å²) in [7, 11) is 0. The molecule has 3 N–H and O–H groups in total. The first-order valence-electron chi connectivity index (χ1n) is 17.8. The van der Waals surface area contributed by atoms with Crippen LogP contribution in [0, 0.1) is 23.3 Å². The fraction of sp³-hybridized carbons (Fsp3) is 0.0750. The Morgan fingerprint density at radius 3 is 1.47 bits per heavy atom. The van der Waals surface area contributed by atoms with Crippen LogP contribution in [0.1, 0.15) is 11.4 Å². The summed E-state index contributed by atoms with van der Waals surface area (Å²) >= 11 is 11.9. The van der Waals surface area contributed by atoms with E-state index in [-0.39, 0.29) is 43.0 Å². The van der Waals surface area contributed by atoms with Gasteiger partial charge in [-0.1, -0.05) is 57.8 Å². The highest BCUT2D eigenvalue weighted by atomic mass is 35.5. The van der Waals surface area contributed by atoms with E-state index in [4.69, 9.17) is 38.0 Å². The van der Waals surface area contributed by atoms with E-state index < -0.39 is 98.7 Å². The normalized spacial score (nSPS) is 12.0. The maximum atomic E-state index is 14.5. The first-order chi connectivity index (χ1) is 31.0. The summed E-state index contributed by atoms with van der Waals surface area (Å²) < 4.78 is 189. The zero-order chi connectivity index (χ0) is 48.0. The summed E-state index contributed by atoms with van der Waals surface area (Å²) in [5.41, 5.74) is -2.30. The van der Waals surface area contributed by atoms with Crippen molar-refractivity contribution in [3.63, 3.8) is 0 Å². The van der Waals surface area contributed by atoms with Crippen LogP contribution in [-0.4, -0.2) is 42.0 Å². The SMILES string of the molecule is Nc1c(-c2c(F)cccc2Cl)noc1-c1cnn(-c2cccc(F)c2)c1C(F)(F)F.O=C(Nc1c(-c2c(F)cccc2Cl)noc1-c1cnn(-c2cccc(F)c2)c1C(F)(F)F)C(F)(F)F. The summed E-state index contributed by atoms with van der Waals surface area (Å²) in [6.07, 6.45) is -14.2. The molecule has 66 heavy (non-hydrogen) atoms. The molecule has 26 heteroatoms. The average molecular weight is 978 g/mol. The van der Waals surface area contributed by atoms with Crippen LogP contribution < -0.4 is 11.1 Å². The third-order valence-corrected chi connectivity index (χ3v) is 9.62. The average Bonchev–Trinajstić information content (AvgIpc) is 4.03. The number of aromatic nitrogens is 6. The Hall–Kier alpha value is -7.34. The third kappa shape index (κ3) is 9.13. The van der Waals surface area contributed by atoms with Gasteiger partial charge in [0.05, 0.1) is 56.1 Å². The molecule has 0 unspecified atom stereocenters. The quantitative estimate of drug-likeness (QED) is 0.150. The second-order valence-corrected chi connectivity index (χ2v) is 14.1. The summed E-state index contributed by atoms with van der Waals surface area (Å²) in [6.45, 7) is 0. The highest BCUT2D eigenvalue weighted by Gasteiger charge is 2.44. The van der Waals surface area contributed by atoms with E-state index >= 15 is 0 Å². The van der Waals surface area contributed by atoms with Crippen LogP contribution in [0.2, 0.25) is 10.0 Å². The maximum absolute atomic E-state index is 14.5. The van der Waals surface area contributed by atoms with Crippen molar-refractivity contribution < 1.29 is 70.9 Å². The summed E-state index contributed by atoms with van der Waals surface area (Å²) in [4.78, 5) is 11.7. The number of nitrogens with zero attached hydrogens (tertiary/aromatic N) is 6. The van der Waals surface area contributed by atoms with Crippen LogP contribution in [0.4, 0.5) is 68.5 Å². The second-order valence-electron chi connectivity index (χ2n) is 13.2. The van der Waals surface area contributed by atoms with E-state index in [0.29, 0.717) is 10.9 Å². The van der Waals surface area contributed by atoms with Gasteiger partial charge in [0.25, 0.3) is 0 Å². The number of carbonyl (C=O) groups is 1. The van der Waals surface area contributed by atoms with Crippen LogP contribution >= 0.6 is 23.2 Å². The number of anilines is 2. The smallest absolute Gasteiger partial charge is 0.394 e. The van der Waals surface area contributed by atoms with E-state index in [1.807, 2.05) is 0 Å². The number of nitrogens with one attached hydrogen (secondary N) is 1. The Balaban J connectivity index is 0.000000199. The van der Waals surface area contributed by atoms with E-state index in [9.17, 15) is 61.9 Å².